The molecule has 2 unspecified atom stereocenters. The summed E-state index contributed by atoms with van der Waals surface area (Å²) in [5, 5.41) is 13.0. The maximum atomic E-state index is 9.75. The predicted octanol–water partition coefficient (Wildman–Crippen LogP) is 2.93. The summed E-state index contributed by atoms with van der Waals surface area (Å²) in [6.45, 7) is 4.47. The van der Waals surface area contributed by atoms with Crippen LogP contribution >= 0.6 is 0 Å². The smallest absolute Gasteiger partial charge is 0.160 e. The number of ether oxygens (including phenoxy) is 1. The minimum atomic E-state index is 0.207. The molecule has 0 radical (unpaired) electrons. The molecule has 0 bridgehead atoms. The summed E-state index contributed by atoms with van der Waals surface area (Å²) in [7, 11) is 3.61. The molecular formula is C17H28N2O2. The molecular weight excluding hydrogens is 264 g/mol. The largest absolute Gasteiger partial charge is 0.504 e. The lowest BCUT2D eigenvalue weighted by molar-refractivity contribution is 0.0970. The third kappa shape index (κ3) is 3.89. The molecule has 21 heavy (non-hydrogen) atoms. The van der Waals surface area contributed by atoms with Gasteiger partial charge in [0, 0.05) is 12.1 Å². The molecule has 1 aromatic rings. The molecule has 0 amide bonds. The van der Waals surface area contributed by atoms with E-state index in [0.29, 0.717) is 17.8 Å². The fraction of sp³-hybridized carbons (Fsp3) is 0.647. The van der Waals surface area contributed by atoms with E-state index in [1.807, 2.05) is 19.2 Å². The van der Waals surface area contributed by atoms with Crippen LogP contribution < -0.4 is 10.1 Å². The average Bonchev–Trinajstić information content (AvgIpc) is 2.53. The number of benzene rings is 1. The van der Waals surface area contributed by atoms with Gasteiger partial charge in [-0.2, -0.15) is 0 Å². The van der Waals surface area contributed by atoms with Crippen LogP contribution in [0.5, 0.6) is 11.5 Å². The van der Waals surface area contributed by atoms with Gasteiger partial charge in [-0.15, -0.1) is 0 Å². The van der Waals surface area contributed by atoms with Gasteiger partial charge >= 0.3 is 0 Å². The standard InChI is InChI=1S/C17H28N2O2/c1-13(14-7-8-16(20)17(12-14)21-3)19-11-5-4-6-15(19)9-10-18-2/h7-8,12-13,15,18,20H,4-6,9-11H2,1-3H3. The molecule has 1 aliphatic rings. The van der Waals surface area contributed by atoms with Crippen LogP contribution in [0.1, 0.15) is 44.2 Å². The summed E-state index contributed by atoms with van der Waals surface area (Å²) in [5.41, 5.74) is 1.21. The minimum absolute atomic E-state index is 0.207. The maximum absolute atomic E-state index is 9.75. The Morgan fingerprint density at radius 3 is 2.95 bits per heavy atom. The zero-order chi connectivity index (χ0) is 15.2. The van der Waals surface area contributed by atoms with Crippen LogP contribution in [-0.4, -0.2) is 43.3 Å². The number of rotatable bonds is 6. The molecule has 0 aromatic heterocycles. The monoisotopic (exact) mass is 292 g/mol. The first kappa shape index (κ1) is 16.1. The lowest BCUT2D eigenvalue weighted by atomic mass is 9.95. The van der Waals surface area contributed by atoms with Gasteiger partial charge in [-0.1, -0.05) is 12.5 Å². The van der Waals surface area contributed by atoms with Gasteiger partial charge in [-0.25, -0.2) is 0 Å². The van der Waals surface area contributed by atoms with Gasteiger partial charge in [-0.3, -0.25) is 4.90 Å². The third-order valence-electron chi connectivity index (χ3n) is 4.58. The Bertz CT molecular complexity index is 450. The molecule has 1 fully saturated rings. The summed E-state index contributed by atoms with van der Waals surface area (Å²) < 4.78 is 5.24. The number of methoxy groups -OCH3 is 1. The first-order valence-corrected chi connectivity index (χ1v) is 7.94. The SMILES string of the molecule is CNCCC1CCCCN1C(C)c1ccc(O)c(OC)c1. The number of nitrogens with zero attached hydrogens (tertiary/aromatic N) is 1. The Hall–Kier alpha value is -1.26. The number of hydrogen-bond acceptors (Lipinski definition) is 4. The Kier molecular flexibility index (Phi) is 5.88. The van der Waals surface area contributed by atoms with E-state index in [4.69, 9.17) is 4.74 Å². The highest BCUT2D eigenvalue weighted by molar-refractivity contribution is 5.42. The Morgan fingerprint density at radius 1 is 1.43 bits per heavy atom. The van der Waals surface area contributed by atoms with Crippen LogP contribution in [0, 0.1) is 0 Å². The molecule has 1 aliphatic heterocycles. The van der Waals surface area contributed by atoms with E-state index < -0.39 is 0 Å². The zero-order valence-electron chi connectivity index (χ0n) is 13.4. The van der Waals surface area contributed by atoms with Crippen LogP contribution in [0.25, 0.3) is 0 Å². The molecule has 1 saturated heterocycles. The van der Waals surface area contributed by atoms with Crippen molar-refractivity contribution in [1.82, 2.24) is 10.2 Å². The van der Waals surface area contributed by atoms with Crippen molar-refractivity contribution in [3.8, 4) is 11.5 Å². The second-order valence-electron chi connectivity index (χ2n) is 5.89. The summed E-state index contributed by atoms with van der Waals surface area (Å²) in [6, 6.07) is 6.69. The minimum Gasteiger partial charge on any atom is -0.504 e. The number of aromatic hydroxyl groups is 1. The Balaban J connectivity index is 2.14. The molecule has 4 nitrogen and oxygen atoms in total. The van der Waals surface area contributed by atoms with Crippen molar-refractivity contribution >= 4 is 0 Å². The van der Waals surface area contributed by atoms with Crippen LogP contribution in [0.3, 0.4) is 0 Å². The molecule has 1 heterocycles. The molecule has 0 saturated carbocycles. The van der Waals surface area contributed by atoms with Crippen molar-refractivity contribution in [1.29, 1.82) is 0 Å². The fourth-order valence-electron chi connectivity index (χ4n) is 3.30. The van der Waals surface area contributed by atoms with Crippen molar-refractivity contribution in [2.75, 3.05) is 27.2 Å². The topological polar surface area (TPSA) is 44.7 Å². The van der Waals surface area contributed by atoms with Crippen LogP contribution in [0.15, 0.2) is 18.2 Å². The summed E-state index contributed by atoms with van der Waals surface area (Å²) in [5.74, 6) is 0.766. The van der Waals surface area contributed by atoms with Gasteiger partial charge in [0.05, 0.1) is 7.11 Å². The number of nitrogens with one attached hydrogen (secondary N) is 1. The van der Waals surface area contributed by atoms with Gasteiger partial charge in [0.2, 0.25) is 0 Å². The highest BCUT2D eigenvalue weighted by Crippen LogP contribution is 2.34. The second-order valence-corrected chi connectivity index (χ2v) is 5.89. The average molecular weight is 292 g/mol. The number of hydrogen-bond donors (Lipinski definition) is 2. The molecule has 1 aromatic carbocycles. The van der Waals surface area contributed by atoms with E-state index in [-0.39, 0.29) is 5.75 Å². The van der Waals surface area contributed by atoms with Crippen LogP contribution in [0.4, 0.5) is 0 Å². The molecule has 4 heteroatoms. The van der Waals surface area contributed by atoms with Crippen LogP contribution in [-0.2, 0) is 0 Å². The molecule has 2 N–H and O–H groups in total. The van der Waals surface area contributed by atoms with E-state index in [1.165, 1.54) is 31.2 Å². The van der Waals surface area contributed by atoms with E-state index in [9.17, 15) is 5.11 Å². The maximum Gasteiger partial charge on any atom is 0.160 e. The molecule has 118 valence electrons. The number of piperidine rings is 1. The molecule has 2 rings (SSSR count). The highest BCUT2D eigenvalue weighted by Gasteiger charge is 2.27. The van der Waals surface area contributed by atoms with Gasteiger partial charge in [0.1, 0.15) is 0 Å². The van der Waals surface area contributed by atoms with Crippen LogP contribution in [0.2, 0.25) is 0 Å². The number of phenols is 1. The summed E-state index contributed by atoms with van der Waals surface area (Å²) >= 11 is 0. The van der Waals surface area contributed by atoms with Crippen molar-refractivity contribution in [3.63, 3.8) is 0 Å². The van der Waals surface area contributed by atoms with Gasteiger partial charge in [-0.05, 0) is 64.0 Å². The van der Waals surface area contributed by atoms with Gasteiger partial charge < -0.3 is 15.2 Å². The van der Waals surface area contributed by atoms with E-state index in [0.717, 1.165) is 13.1 Å². The highest BCUT2D eigenvalue weighted by atomic mass is 16.5. The quantitative estimate of drug-likeness (QED) is 0.846. The van der Waals surface area contributed by atoms with Crippen molar-refractivity contribution < 1.29 is 9.84 Å². The fourth-order valence-corrected chi connectivity index (χ4v) is 3.30. The number of likely N-dealkylation sites (tertiary alicyclic amines) is 1. The van der Waals surface area contributed by atoms with E-state index in [1.54, 1.807) is 13.2 Å². The van der Waals surface area contributed by atoms with E-state index >= 15 is 0 Å². The summed E-state index contributed by atoms with van der Waals surface area (Å²) in [4.78, 5) is 2.60. The summed E-state index contributed by atoms with van der Waals surface area (Å²) in [6.07, 6.45) is 5.07. The Morgan fingerprint density at radius 2 is 2.24 bits per heavy atom. The lowest BCUT2D eigenvalue weighted by Gasteiger charge is -2.40. The molecule has 2 atom stereocenters. The van der Waals surface area contributed by atoms with Gasteiger partial charge in [0.25, 0.3) is 0 Å². The normalized spacial score (nSPS) is 21.2. The Labute approximate surface area is 128 Å². The second kappa shape index (κ2) is 7.66. The zero-order valence-corrected chi connectivity index (χ0v) is 13.4. The first-order chi connectivity index (χ1) is 10.2. The molecule has 0 aliphatic carbocycles. The van der Waals surface area contributed by atoms with Gasteiger partial charge in [0.15, 0.2) is 11.5 Å². The first-order valence-electron chi connectivity index (χ1n) is 7.94. The van der Waals surface area contributed by atoms with E-state index in [2.05, 4.69) is 17.1 Å². The number of phenolic OH excluding ortho intramolecular Hbond substituents is 1. The third-order valence-corrected chi connectivity index (χ3v) is 4.58. The lowest BCUT2D eigenvalue weighted by Crippen LogP contribution is -2.42. The predicted molar refractivity (Wildman–Crippen MR) is 86.0 cm³/mol. The van der Waals surface area contributed by atoms with Crippen molar-refractivity contribution in [2.45, 2.75) is 44.7 Å². The molecule has 0 spiro atoms. The van der Waals surface area contributed by atoms with Crippen molar-refractivity contribution in [3.05, 3.63) is 23.8 Å². The van der Waals surface area contributed by atoms with Crippen molar-refractivity contribution in [2.24, 2.45) is 0 Å².